The molecule has 0 unspecified atom stereocenters. The maximum Gasteiger partial charge on any atom is 0.255 e. The fourth-order valence-electron chi connectivity index (χ4n) is 2.66. The normalized spacial score (nSPS) is 13.8. The van der Waals surface area contributed by atoms with Crippen molar-refractivity contribution in [3.05, 3.63) is 59.7 Å². The molecule has 2 aromatic rings. The quantitative estimate of drug-likeness (QED) is 0.903. The van der Waals surface area contributed by atoms with Crippen molar-refractivity contribution >= 4 is 29.1 Å². The number of nitrogens with two attached hydrogens (primary N) is 1. The van der Waals surface area contributed by atoms with Crippen molar-refractivity contribution in [2.45, 2.75) is 12.8 Å². The lowest BCUT2D eigenvalue weighted by Gasteiger charge is -2.16. The number of nitrogens with one attached hydrogen (secondary N) is 1. The van der Waals surface area contributed by atoms with Crippen molar-refractivity contribution in [3.63, 3.8) is 0 Å². The minimum absolute atomic E-state index is 0.120. The van der Waals surface area contributed by atoms with Crippen LogP contribution in [0.25, 0.3) is 0 Å². The van der Waals surface area contributed by atoms with Crippen molar-refractivity contribution in [3.8, 4) is 0 Å². The Kier molecular flexibility index (Phi) is 4.29. The predicted molar refractivity (Wildman–Crippen MR) is 90.9 cm³/mol. The first-order chi connectivity index (χ1) is 11.5. The number of hydrogen-bond acceptors (Lipinski definition) is 3. The van der Waals surface area contributed by atoms with Crippen LogP contribution in [0.1, 0.15) is 33.6 Å². The Morgan fingerprint density at radius 3 is 2.38 bits per heavy atom. The lowest BCUT2D eigenvalue weighted by atomic mass is 10.1. The molecule has 3 N–H and O–H groups in total. The minimum Gasteiger partial charge on any atom is -0.366 e. The van der Waals surface area contributed by atoms with Crippen LogP contribution in [0, 0.1) is 0 Å². The molecule has 1 saturated heterocycles. The number of benzene rings is 2. The van der Waals surface area contributed by atoms with Gasteiger partial charge in [0.15, 0.2) is 0 Å². The Hall–Kier alpha value is -3.15. The van der Waals surface area contributed by atoms with Crippen LogP contribution >= 0.6 is 0 Å². The van der Waals surface area contributed by atoms with Gasteiger partial charge in [-0.15, -0.1) is 0 Å². The highest BCUT2D eigenvalue weighted by Gasteiger charge is 2.21. The third kappa shape index (κ3) is 3.27. The molecular formula is C18H17N3O3. The maximum absolute atomic E-state index is 12.3. The molecule has 1 aliphatic heterocycles. The van der Waals surface area contributed by atoms with Crippen molar-refractivity contribution in [2.24, 2.45) is 5.73 Å². The Labute approximate surface area is 139 Å². The predicted octanol–water partition coefficient (Wildman–Crippen LogP) is 2.16. The van der Waals surface area contributed by atoms with Crippen molar-refractivity contribution in [1.29, 1.82) is 0 Å². The largest absolute Gasteiger partial charge is 0.366 e. The lowest BCUT2D eigenvalue weighted by molar-refractivity contribution is -0.117. The molecule has 0 aliphatic carbocycles. The first kappa shape index (κ1) is 15.7. The first-order valence-electron chi connectivity index (χ1n) is 7.66. The van der Waals surface area contributed by atoms with E-state index in [1.54, 1.807) is 47.4 Å². The number of anilines is 2. The van der Waals surface area contributed by atoms with E-state index in [0.717, 1.165) is 18.7 Å². The van der Waals surface area contributed by atoms with E-state index in [1.165, 1.54) is 6.07 Å². The molecule has 24 heavy (non-hydrogen) atoms. The van der Waals surface area contributed by atoms with Crippen molar-refractivity contribution in [1.82, 2.24) is 0 Å². The van der Waals surface area contributed by atoms with Crippen LogP contribution in [0.5, 0.6) is 0 Å². The lowest BCUT2D eigenvalue weighted by Crippen LogP contribution is -2.23. The highest BCUT2D eigenvalue weighted by atomic mass is 16.2. The second kappa shape index (κ2) is 6.54. The monoisotopic (exact) mass is 323 g/mol. The van der Waals surface area contributed by atoms with Crippen LogP contribution in [-0.2, 0) is 4.79 Å². The van der Waals surface area contributed by atoms with Crippen LogP contribution < -0.4 is 16.0 Å². The van der Waals surface area contributed by atoms with E-state index in [2.05, 4.69) is 5.32 Å². The third-order valence-electron chi connectivity index (χ3n) is 3.92. The molecule has 1 aliphatic rings. The van der Waals surface area contributed by atoms with Gasteiger partial charge in [0.2, 0.25) is 11.8 Å². The molecule has 3 rings (SSSR count). The molecule has 122 valence electrons. The summed E-state index contributed by atoms with van der Waals surface area (Å²) in [5.74, 6) is -0.789. The van der Waals surface area contributed by atoms with Gasteiger partial charge in [0.1, 0.15) is 0 Å². The zero-order valence-corrected chi connectivity index (χ0v) is 13.0. The van der Waals surface area contributed by atoms with Gasteiger partial charge >= 0.3 is 0 Å². The fourth-order valence-corrected chi connectivity index (χ4v) is 2.66. The molecule has 1 fully saturated rings. The van der Waals surface area contributed by atoms with Crippen LogP contribution in [0.15, 0.2) is 48.5 Å². The second-order valence-electron chi connectivity index (χ2n) is 5.59. The first-order valence-corrected chi connectivity index (χ1v) is 7.66. The second-order valence-corrected chi connectivity index (χ2v) is 5.59. The summed E-state index contributed by atoms with van der Waals surface area (Å²) in [6.45, 7) is 0.727. The molecule has 0 spiro atoms. The van der Waals surface area contributed by atoms with E-state index < -0.39 is 5.91 Å². The Morgan fingerprint density at radius 2 is 1.75 bits per heavy atom. The van der Waals surface area contributed by atoms with E-state index >= 15 is 0 Å². The summed E-state index contributed by atoms with van der Waals surface area (Å²) in [6.07, 6.45) is 1.45. The van der Waals surface area contributed by atoms with Gasteiger partial charge in [0.25, 0.3) is 5.91 Å². The number of amides is 3. The molecule has 3 amide bonds. The molecule has 0 atom stereocenters. The molecule has 0 aromatic heterocycles. The van der Waals surface area contributed by atoms with Crippen LogP contribution in [0.2, 0.25) is 0 Å². The van der Waals surface area contributed by atoms with E-state index in [0.29, 0.717) is 17.7 Å². The van der Waals surface area contributed by atoms with Gasteiger partial charge in [0, 0.05) is 35.5 Å². The zero-order valence-electron chi connectivity index (χ0n) is 13.0. The third-order valence-corrected chi connectivity index (χ3v) is 3.92. The Bertz CT molecular complexity index is 799. The maximum atomic E-state index is 12.3. The van der Waals surface area contributed by atoms with E-state index in [4.69, 9.17) is 5.73 Å². The van der Waals surface area contributed by atoms with Crippen LogP contribution in [0.3, 0.4) is 0 Å². The minimum atomic E-state index is -0.579. The highest BCUT2D eigenvalue weighted by Crippen LogP contribution is 2.23. The Balaban J connectivity index is 1.71. The summed E-state index contributed by atoms with van der Waals surface area (Å²) >= 11 is 0. The summed E-state index contributed by atoms with van der Waals surface area (Å²) in [5.41, 5.74) is 7.29. The van der Waals surface area contributed by atoms with E-state index in [1.807, 2.05) is 0 Å². The number of carbonyl (C=O) groups excluding carboxylic acids is 3. The number of hydrogen-bond donors (Lipinski definition) is 2. The summed E-state index contributed by atoms with van der Waals surface area (Å²) in [4.78, 5) is 36.9. The van der Waals surface area contributed by atoms with E-state index in [9.17, 15) is 14.4 Å². The summed E-state index contributed by atoms with van der Waals surface area (Å²) < 4.78 is 0. The summed E-state index contributed by atoms with van der Waals surface area (Å²) in [6, 6.07) is 13.3. The van der Waals surface area contributed by atoms with Gasteiger partial charge in [0.05, 0.1) is 0 Å². The Morgan fingerprint density at radius 1 is 1.04 bits per heavy atom. The smallest absolute Gasteiger partial charge is 0.255 e. The van der Waals surface area contributed by atoms with Crippen molar-refractivity contribution < 1.29 is 14.4 Å². The number of nitrogens with zero attached hydrogens (tertiary/aromatic N) is 1. The van der Waals surface area contributed by atoms with Crippen molar-refractivity contribution in [2.75, 3.05) is 16.8 Å². The van der Waals surface area contributed by atoms with Gasteiger partial charge in [-0.3, -0.25) is 14.4 Å². The molecule has 0 bridgehead atoms. The van der Waals surface area contributed by atoms with Crippen LogP contribution in [-0.4, -0.2) is 24.3 Å². The molecule has 1 heterocycles. The summed E-state index contributed by atoms with van der Waals surface area (Å²) in [5, 5.41) is 2.76. The standard InChI is InChI=1S/C18H17N3O3/c19-17(23)12-3-1-4-13(11-12)18(24)20-14-6-8-15(9-7-14)21-10-2-5-16(21)22/h1,3-4,6-9,11H,2,5,10H2,(H2,19,23)(H,20,24). The van der Waals surface area contributed by atoms with Gasteiger partial charge in [-0.2, -0.15) is 0 Å². The van der Waals surface area contributed by atoms with Gasteiger partial charge in [-0.1, -0.05) is 6.07 Å². The number of rotatable bonds is 4. The van der Waals surface area contributed by atoms with Crippen LogP contribution in [0.4, 0.5) is 11.4 Å². The average Bonchev–Trinajstić information content (AvgIpc) is 3.01. The number of primary amides is 1. The molecule has 2 aromatic carbocycles. The van der Waals surface area contributed by atoms with Gasteiger partial charge in [-0.05, 0) is 48.9 Å². The molecule has 0 radical (unpaired) electrons. The highest BCUT2D eigenvalue weighted by molar-refractivity contribution is 6.06. The zero-order chi connectivity index (χ0) is 17.1. The summed E-state index contributed by atoms with van der Waals surface area (Å²) in [7, 11) is 0. The average molecular weight is 323 g/mol. The number of carbonyl (C=O) groups is 3. The fraction of sp³-hybridized carbons (Fsp3) is 0.167. The molecular weight excluding hydrogens is 306 g/mol. The van der Waals surface area contributed by atoms with Gasteiger partial charge < -0.3 is 16.0 Å². The SMILES string of the molecule is NC(=O)c1cccc(C(=O)Nc2ccc(N3CCCC3=O)cc2)c1. The topological polar surface area (TPSA) is 92.5 Å². The van der Waals surface area contributed by atoms with Gasteiger partial charge in [-0.25, -0.2) is 0 Å². The molecule has 6 heteroatoms. The molecule has 0 saturated carbocycles. The molecule has 6 nitrogen and oxygen atoms in total. The van der Waals surface area contributed by atoms with E-state index in [-0.39, 0.29) is 17.4 Å².